The lowest BCUT2D eigenvalue weighted by molar-refractivity contribution is 0.712. The van der Waals surface area contributed by atoms with Crippen molar-refractivity contribution in [1.82, 2.24) is 9.78 Å². The molecule has 0 bridgehead atoms. The Kier molecular flexibility index (Phi) is 4.86. The molecule has 1 heterocycles. The zero-order valence-corrected chi connectivity index (χ0v) is 14.2. The van der Waals surface area contributed by atoms with Crippen LogP contribution in [0.15, 0.2) is 28.9 Å². The molecule has 2 rings (SSSR count). The largest absolute Gasteiger partial charge is 0.381 e. The summed E-state index contributed by atoms with van der Waals surface area (Å²) in [5.74, 6) is 0.448. The quantitative estimate of drug-likeness (QED) is 0.872. The van der Waals surface area contributed by atoms with E-state index in [0.717, 1.165) is 17.4 Å². The number of benzene rings is 1. The minimum atomic E-state index is 0.448. The van der Waals surface area contributed by atoms with Gasteiger partial charge >= 0.3 is 0 Å². The number of rotatable bonds is 5. The van der Waals surface area contributed by atoms with Gasteiger partial charge in [-0.25, -0.2) is 0 Å². The molecule has 0 fully saturated rings. The molecule has 0 saturated heterocycles. The normalized spacial score (nSPS) is 11.1. The van der Waals surface area contributed by atoms with Crippen LogP contribution in [0, 0.1) is 0 Å². The number of aryl methyl sites for hydroxylation is 2. The van der Waals surface area contributed by atoms with E-state index in [1.54, 1.807) is 0 Å². The summed E-state index contributed by atoms with van der Waals surface area (Å²) < 4.78 is 3.03. The third-order valence-corrected chi connectivity index (χ3v) is 3.89. The zero-order valence-electron chi connectivity index (χ0n) is 12.6. The summed E-state index contributed by atoms with van der Waals surface area (Å²) >= 11 is 3.53. The molecular formula is C16H22BrN3. The van der Waals surface area contributed by atoms with Gasteiger partial charge in [0.2, 0.25) is 0 Å². The van der Waals surface area contributed by atoms with Crippen molar-refractivity contribution in [2.45, 2.75) is 39.7 Å². The summed E-state index contributed by atoms with van der Waals surface area (Å²) in [6.45, 7) is 7.36. The molecule has 0 aliphatic rings. The Bertz CT molecular complexity index is 587. The van der Waals surface area contributed by atoms with Crippen LogP contribution in [0.3, 0.4) is 0 Å². The lowest BCUT2D eigenvalue weighted by atomic mass is 10.1. The molecule has 0 unspecified atom stereocenters. The molecule has 0 atom stereocenters. The van der Waals surface area contributed by atoms with Gasteiger partial charge in [0.25, 0.3) is 0 Å². The Labute approximate surface area is 129 Å². The number of nitrogens with one attached hydrogen (secondary N) is 1. The van der Waals surface area contributed by atoms with Gasteiger partial charge in [0.1, 0.15) is 0 Å². The molecule has 0 aliphatic carbocycles. The molecule has 1 aromatic carbocycles. The third-order valence-electron chi connectivity index (χ3n) is 3.40. The fourth-order valence-electron chi connectivity index (χ4n) is 2.39. The van der Waals surface area contributed by atoms with Gasteiger partial charge in [-0.15, -0.1) is 0 Å². The minimum Gasteiger partial charge on any atom is -0.381 e. The number of hydrogen-bond acceptors (Lipinski definition) is 2. The maximum absolute atomic E-state index is 4.55. The molecule has 108 valence electrons. The lowest BCUT2D eigenvalue weighted by Crippen LogP contribution is -2.04. The van der Waals surface area contributed by atoms with Crippen LogP contribution in [0.4, 0.5) is 5.69 Å². The van der Waals surface area contributed by atoms with E-state index < -0.39 is 0 Å². The van der Waals surface area contributed by atoms with Crippen molar-refractivity contribution in [2.75, 3.05) is 5.32 Å². The second kappa shape index (κ2) is 6.44. The number of aromatic nitrogens is 2. The summed E-state index contributed by atoms with van der Waals surface area (Å²) in [7, 11) is 1.98. The second-order valence-corrected chi connectivity index (χ2v) is 6.29. The van der Waals surface area contributed by atoms with Gasteiger partial charge in [-0.1, -0.05) is 36.7 Å². The van der Waals surface area contributed by atoms with Crippen molar-refractivity contribution in [2.24, 2.45) is 7.05 Å². The average molecular weight is 336 g/mol. The Hall–Kier alpha value is -1.29. The third kappa shape index (κ3) is 3.42. The Morgan fingerprint density at radius 1 is 1.30 bits per heavy atom. The summed E-state index contributed by atoms with van der Waals surface area (Å²) in [5.41, 5.74) is 4.98. The molecule has 2 aromatic rings. The Morgan fingerprint density at radius 3 is 2.70 bits per heavy atom. The summed E-state index contributed by atoms with van der Waals surface area (Å²) in [6.07, 6.45) is 3.12. The molecule has 0 saturated carbocycles. The predicted octanol–water partition coefficient (Wildman–Crippen LogP) is 4.48. The second-order valence-electron chi connectivity index (χ2n) is 5.38. The van der Waals surface area contributed by atoms with Crippen LogP contribution in [0.25, 0.3) is 0 Å². The first-order valence-corrected chi connectivity index (χ1v) is 7.85. The van der Waals surface area contributed by atoms with Crippen molar-refractivity contribution in [3.63, 3.8) is 0 Å². The van der Waals surface area contributed by atoms with E-state index in [1.165, 1.54) is 22.5 Å². The molecular weight excluding hydrogens is 314 g/mol. The van der Waals surface area contributed by atoms with Crippen molar-refractivity contribution in [3.8, 4) is 0 Å². The van der Waals surface area contributed by atoms with Gasteiger partial charge in [0.05, 0.1) is 5.69 Å². The van der Waals surface area contributed by atoms with Gasteiger partial charge in [0, 0.05) is 35.5 Å². The molecule has 4 heteroatoms. The molecule has 3 nitrogen and oxygen atoms in total. The van der Waals surface area contributed by atoms with Crippen LogP contribution < -0.4 is 5.32 Å². The van der Waals surface area contributed by atoms with Crippen molar-refractivity contribution >= 4 is 21.6 Å². The molecule has 20 heavy (non-hydrogen) atoms. The number of anilines is 1. The number of hydrogen-bond donors (Lipinski definition) is 1. The molecule has 1 N–H and O–H groups in total. The highest BCUT2D eigenvalue weighted by Crippen LogP contribution is 2.23. The van der Waals surface area contributed by atoms with Crippen LogP contribution in [0.1, 0.15) is 43.5 Å². The molecule has 0 amide bonds. The minimum absolute atomic E-state index is 0.448. The highest BCUT2D eigenvalue weighted by molar-refractivity contribution is 9.10. The molecule has 1 aromatic heterocycles. The van der Waals surface area contributed by atoms with Crippen LogP contribution in [-0.2, 0) is 20.0 Å². The standard InChI is InChI=1S/C16H22BrN3/c1-5-12-8-14(17)6-7-15(12)18-9-13-10-20(4)19-16(13)11(2)3/h6-8,10-11,18H,5,9H2,1-4H3. The highest BCUT2D eigenvalue weighted by Gasteiger charge is 2.11. The van der Waals surface area contributed by atoms with Crippen molar-refractivity contribution < 1.29 is 0 Å². The van der Waals surface area contributed by atoms with E-state index >= 15 is 0 Å². The summed E-state index contributed by atoms with van der Waals surface area (Å²) in [4.78, 5) is 0. The maximum atomic E-state index is 4.55. The van der Waals surface area contributed by atoms with Crippen molar-refractivity contribution in [1.29, 1.82) is 0 Å². The SMILES string of the molecule is CCc1cc(Br)ccc1NCc1cn(C)nc1C(C)C. The van der Waals surface area contributed by atoms with E-state index in [2.05, 4.69) is 71.5 Å². The lowest BCUT2D eigenvalue weighted by Gasteiger charge is -2.12. The first kappa shape index (κ1) is 15.1. The van der Waals surface area contributed by atoms with Crippen LogP contribution in [-0.4, -0.2) is 9.78 Å². The first-order valence-electron chi connectivity index (χ1n) is 7.06. The van der Waals surface area contributed by atoms with Gasteiger partial charge < -0.3 is 5.32 Å². The number of nitrogens with zero attached hydrogens (tertiary/aromatic N) is 2. The van der Waals surface area contributed by atoms with E-state index in [-0.39, 0.29) is 0 Å². The molecule has 0 aliphatic heterocycles. The van der Waals surface area contributed by atoms with E-state index in [0.29, 0.717) is 5.92 Å². The predicted molar refractivity (Wildman–Crippen MR) is 88.1 cm³/mol. The Morgan fingerprint density at radius 2 is 2.05 bits per heavy atom. The number of halogens is 1. The van der Waals surface area contributed by atoms with Crippen molar-refractivity contribution in [3.05, 3.63) is 45.7 Å². The highest BCUT2D eigenvalue weighted by atomic mass is 79.9. The molecule has 0 spiro atoms. The van der Waals surface area contributed by atoms with Gasteiger partial charge in [-0.2, -0.15) is 5.10 Å². The van der Waals surface area contributed by atoms with E-state index in [1.807, 2.05) is 11.7 Å². The Balaban J connectivity index is 2.17. The van der Waals surface area contributed by atoms with E-state index in [4.69, 9.17) is 0 Å². The monoisotopic (exact) mass is 335 g/mol. The van der Waals surface area contributed by atoms with Crippen LogP contribution in [0.2, 0.25) is 0 Å². The molecule has 0 radical (unpaired) electrons. The first-order chi connectivity index (χ1) is 9.51. The van der Waals surface area contributed by atoms with E-state index in [9.17, 15) is 0 Å². The van der Waals surface area contributed by atoms with Gasteiger partial charge in [-0.3, -0.25) is 4.68 Å². The fraction of sp³-hybridized carbons (Fsp3) is 0.438. The van der Waals surface area contributed by atoms with Gasteiger partial charge in [-0.05, 0) is 36.1 Å². The average Bonchev–Trinajstić information content (AvgIpc) is 2.78. The zero-order chi connectivity index (χ0) is 14.7. The van der Waals surface area contributed by atoms with Crippen LogP contribution in [0.5, 0.6) is 0 Å². The smallest absolute Gasteiger partial charge is 0.0699 e. The topological polar surface area (TPSA) is 29.9 Å². The summed E-state index contributed by atoms with van der Waals surface area (Å²) in [6, 6.07) is 6.39. The summed E-state index contributed by atoms with van der Waals surface area (Å²) in [5, 5.41) is 8.09. The maximum Gasteiger partial charge on any atom is 0.0699 e. The fourth-order valence-corrected chi connectivity index (χ4v) is 2.80. The van der Waals surface area contributed by atoms with Crippen LogP contribution >= 0.6 is 15.9 Å². The van der Waals surface area contributed by atoms with Gasteiger partial charge in [0.15, 0.2) is 0 Å².